The average Bonchev–Trinajstić information content (AvgIpc) is 3.44. The highest BCUT2D eigenvalue weighted by Gasteiger charge is 2.46. The summed E-state index contributed by atoms with van der Waals surface area (Å²) in [6.07, 6.45) is 1.85. The zero-order valence-electron chi connectivity index (χ0n) is 24.6. The Kier molecular flexibility index (Phi) is 5.76. The van der Waals surface area contributed by atoms with Crippen molar-refractivity contribution in [3.63, 3.8) is 0 Å². The molecule has 45 heavy (non-hydrogen) atoms. The van der Waals surface area contributed by atoms with E-state index in [2.05, 4.69) is 157 Å². The quantitative estimate of drug-likeness (QED) is 0.196. The molecule has 2 aromatic heterocycles. The first-order chi connectivity index (χ1) is 22.3. The summed E-state index contributed by atoms with van der Waals surface area (Å²) in [5.41, 5.74) is 12.2. The average molecular weight is 573 g/mol. The maximum atomic E-state index is 5.43. The van der Waals surface area contributed by atoms with Gasteiger partial charge in [-0.1, -0.05) is 140 Å². The van der Waals surface area contributed by atoms with Crippen LogP contribution in [0.25, 0.3) is 55.3 Å². The van der Waals surface area contributed by atoms with Crippen molar-refractivity contribution >= 4 is 21.7 Å². The van der Waals surface area contributed by atoms with Crippen molar-refractivity contribution in [2.75, 3.05) is 0 Å². The Bertz CT molecular complexity index is 2320. The van der Waals surface area contributed by atoms with Crippen LogP contribution in [0.4, 0.5) is 0 Å². The first kappa shape index (κ1) is 25.6. The molecule has 0 atom stereocenters. The van der Waals surface area contributed by atoms with Gasteiger partial charge in [0.25, 0.3) is 0 Å². The minimum Gasteiger partial charge on any atom is -0.256 e. The van der Waals surface area contributed by atoms with E-state index in [1.807, 2.05) is 18.3 Å². The van der Waals surface area contributed by atoms with Gasteiger partial charge in [-0.25, -0.2) is 4.98 Å². The van der Waals surface area contributed by atoms with Gasteiger partial charge < -0.3 is 0 Å². The van der Waals surface area contributed by atoms with E-state index in [0.29, 0.717) is 0 Å². The number of hydrogen-bond acceptors (Lipinski definition) is 2. The lowest BCUT2D eigenvalue weighted by molar-refractivity contribution is 0.769. The molecule has 1 aliphatic rings. The van der Waals surface area contributed by atoms with E-state index < -0.39 is 5.41 Å². The van der Waals surface area contributed by atoms with Crippen molar-refractivity contribution in [3.8, 4) is 33.6 Å². The molecule has 0 unspecified atom stereocenters. The molecule has 9 rings (SSSR count). The largest absolute Gasteiger partial charge is 0.256 e. The highest BCUT2D eigenvalue weighted by molar-refractivity contribution is 6.18. The first-order valence-electron chi connectivity index (χ1n) is 15.4. The van der Waals surface area contributed by atoms with E-state index in [0.717, 1.165) is 33.4 Å². The second kappa shape index (κ2) is 10.1. The summed E-state index contributed by atoms with van der Waals surface area (Å²) in [4.78, 5) is 10.1. The molecule has 0 N–H and O–H groups in total. The van der Waals surface area contributed by atoms with E-state index >= 15 is 0 Å². The zero-order valence-corrected chi connectivity index (χ0v) is 24.6. The molecule has 6 aromatic carbocycles. The third kappa shape index (κ3) is 3.76. The molecule has 2 nitrogen and oxygen atoms in total. The van der Waals surface area contributed by atoms with Gasteiger partial charge in [0.2, 0.25) is 0 Å². The number of nitrogens with zero attached hydrogens (tertiary/aromatic N) is 2. The smallest absolute Gasteiger partial charge is 0.0794 e. The molecule has 210 valence electrons. The van der Waals surface area contributed by atoms with Crippen LogP contribution in [-0.4, -0.2) is 9.97 Å². The summed E-state index contributed by atoms with van der Waals surface area (Å²) in [6.45, 7) is 0. The fourth-order valence-electron chi connectivity index (χ4n) is 7.55. The zero-order chi connectivity index (χ0) is 29.8. The van der Waals surface area contributed by atoms with Crippen molar-refractivity contribution in [3.05, 3.63) is 192 Å². The normalized spacial score (nSPS) is 13.1. The summed E-state index contributed by atoms with van der Waals surface area (Å²) >= 11 is 0. The van der Waals surface area contributed by atoms with Crippen molar-refractivity contribution in [2.45, 2.75) is 5.41 Å². The molecule has 0 amide bonds. The van der Waals surface area contributed by atoms with Crippen LogP contribution in [0, 0.1) is 0 Å². The topological polar surface area (TPSA) is 25.8 Å². The number of rotatable bonds is 4. The number of benzene rings is 6. The number of para-hydroxylation sites is 1. The molecular formula is C43H28N2. The van der Waals surface area contributed by atoms with Gasteiger partial charge in [-0.15, -0.1) is 0 Å². The predicted octanol–water partition coefficient (Wildman–Crippen LogP) is 10.5. The molecule has 0 bridgehead atoms. The van der Waals surface area contributed by atoms with Crippen molar-refractivity contribution < 1.29 is 0 Å². The van der Waals surface area contributed by atoms with E-state index in [4.69, 9.17) is 4.98 Å². The van der Waals surface area contributed by atoms with Crippen LogP contribution in [0.5, 0.6) is 0 Å². The SMILES string of the molecule is c1ccc(C2(c3ccccc3)c3ccccc3-c3c2ccc2c3c(-c3cccc(-c4ccccn4)c3)nc3ccccc32)cc1. The molecule has 0 saturated carbocycles. The van der Waals surface area contributed by atoms with Gasteiger partial charge in [-0.3, -0.25) is 4.98 Å². The molecule has 0 fully saturated rings. The van der Waals surface area contributed by atoms with Crippen LogP contribution in [0.3, 0.4) is 0 Å². The van der Waals surface area contributed by atoms with Crippen LogP contribution < -0.4 is 0 Å². The second-order valence-electron chi connectivity index (χ2n) is 11.7. The van der Waals surface area contributed by atoms with Crippen LogP contribution in [0.15, 0.2) is 170 Å². The fourth-order valence-corrected chi connectivity index (χ4v) is 7.55. The van der Waals surface area contributed by atoms with Gasteiger partial charge in [-0.05, 0) is 63.0 Å². The summed E-state index contributed by atoms with van der Waals surface area (Å²) < 4.78 is 0. The summed E-state index contributed by atoms with van der Waals surface area (Å²) in [6, 6.07) is 58.9. The van der Waals surface area contributed by atoms with E-state index in [1.165, 1.54) is 44.2 Å². The second-order valence-corrected chi connectivity index (χ2v) is 11.7. The predicted molar refractivity (Wildman–Crippen MR) is 185 cm³/mol. The molecule has 8 aromatic rings. The van der Waals surface area contributed by atoms with E-state index in [1.54, 1.807) is 0 Å². The maximum Gasteiger partial charge on any atom is 0.0794 e. The Hall–Kier alpha value is -5.86. The van der Waals surface area contributed by atoms with E-state index in [9.17, 15) is 0 Å². The molecular weight excluding hydrogens is 544 g/mol. The van der Waals surface area contributed by atoms with Gasteiger partial charge in [-0.2, -0.15) is 0 Å². The van der Waals surface area contributed by atoms with Gasteiger partial charge in [0.15, 0.2) is 0 Å². The standard InChI is InChI=1S/C43H28N2/c1-3-16-31(17-4-1)43(32-18-5-2-6-19-32)36-22-9-7-21-35(36)40-37(43)26-25-34-33-20-8-10-24-39(33)45-42(41(34)40)30-15-13-14-29(28-30)38-23-11-12-27-44-38/h1-28H. The Balaban J connectivity index is 1.45. The lowest BCUT2D eigenvalue weighted by atomic mass is 9.67. The van der Waals surface area contributed by atoms with Crippen LogP contribution in [-0.2, 0) is 5.41 Å². The van der Waals surface area contributed by atoms with Crippen molar-refractivity contribution in [1.29, 1.82) is 0 Å². The maximum absolute atomic E-state index is 5.43. The Morgan fingerprint density at radius 3 is 1.93 bits per heavy atom. The van der Waals surface area contributed by atoms with Crippen LogP contribution in [0.2, 0.25) is 0 Å². The summed E-state index contributed by atoms with van der Waals surface area (Å²) in [5, 5.41) is 3.56. The number of aromatic nitrogens is 2. The number of fused-ring (bicyclic) bond motifs is 7. The van der Waals surface area contributed by atoms with Gasteiger partial charge in [0.1, 0.15) is 0 Å². The summed E-state index contributed by atoms with van der Waals surface area (Å²) in [7, 11) is 0. The molecule has 0 radical (unpaired) electrons. The van der Waals surface area contributed by atoms with Gasteiger partial charge in [0.05, 0.1) is 22.3 Å². The number of pyridine rings is 2. The third-order valence-corrected chi connectivity index (χ3v) is 9.38. The van der Waals surface area contributed by atoms with Gasteiger partial charge in [0, 0.05) is 28.1 Å². The molecule has 1 aliphatic carbocycles. The minimum atomic E-state index is -0.471. The van der Waals surface area contributed by atoms with Crippen molar-refractivity contribution in [2.24, 2.45) is 0 Å². The molecule has 0 spiro atoms. The fraction of sp³-hybridized carbons (Fsp3) is 0.0233. The number of hydrogen-bond donors (Lipinski definition) is 0. The molecule has 0 saturated heterocycles. The lowest BCUT2D eigenvalue weighted by Crippen LogP contribution is -2.28. The molecule has 0 aliphatic heterocycles. The monoisotopic (exact) mass is 572 g/mol. The minimum absolute atomic E-state index is 0.471. The summed E-state index contributed by atoms with van der Waals surface area (Å²) in [5.74, 6) is 0. The highest BCUT2D eigenvalue weighted by Crippen LogP contribution is 2.58. The van der Waals surface area contributed by atoms with E-state index in [-0.39, 0.29) is 0 Å². The highest BCUT2D eigenvalue weighted by atomic mass is 14.7. The Labute approximate surface area is 262 Å². The lowest BCUT2D eigenvalue weighted by Gasteiger charge is -2.34. The molecule has 2 heteroatoms. The first-order valence-corrected chi connectivity index (χ1v) is 15.4. The van der Waals surface area contributed by atoms with Gasteiger partial charge >= 0.3 is 0 Å². The Morgan fingerprint density at radius 1 is 0.467 bits per heavy atom. The van der Waals surface area contributed by atoms with Crippen LogP contribution in [0.1, 0.15) is 22.3 Å². The molecule has 2 heterocycles. The van der Waals surface area contributed by atoms with Crippen LogP contribution >= 0.6 is 0 Å². The Morgan fingerprint density at radius 2 is 1.16 bits per heavy atom. The van der Waals surface area contributed by atoms with Crippen molar-refractivity contribution in [1.82, 2.24) is 9.97 Å². The third-order valence-electron chi connectivity index (χ3n) is 9.38.